The summed E-state index contributed by atoms with van der Waals surface area (Å²) in [5.74, 6) is -4.61. The molecular formula is C22H28N2O6. The zero-order valence-electron chi connectivity index (χ0n) is 16.7. The molecule has 0 aromatic heterocycles. The number of nitrogens with one attached hydrogen (secondary N) is 2. The van der Waals surface area contributed by atoms with Gasteiger partial charge >= 0.3 is 11.9 Å². The Labute approximate surface area is 174 Å². The lowest BCUT2D eigenvalue weighted by atomic mass is 9.82. The summed E-state index contributed by atoms with van der Waals surface area (Å²) in [6, 6.07) is 0. The molecule has 4 bridgehead atoms. The molecule has 0 spiro atoms. The Morgan fingerprint density at radius 3 is 1.30 bits per heavy atom. The molecule has 0 aromatic rings. The molecule has 0 radical (unpaired) electrons. The first-order chi connectivity index (χ1) is 14.4. The highest BCUT2D eigenvalue weighted by atomic mass is 16.4. The smallest absolute Gasteiger partial charge is 0.307 e. The van der Waals surface area contributed by atoms with E-state index in [1.165, 1.54) is 0 Å². The van der Waals surface area contributed by atoms with Crippen LogP contribution in [0.25, 0.3) is 0 Å². The van der Waals surface area contributed by atoms with E-state index in [1.807, 2.05) is 24.3 Å². The highest BCUT2D eigenvalue weighted by Crippen LogP contribution is 2.49. The Morgan fingerprint density at radius 1 is 0.633 bits per heavy atom. The quantitative estimate of drug-likeness (QED) is 0.328. The van der Waals surface area contributed by atoms with Gasteiger partial charge in [0.25, 0.3) is 0 Å². The van der Waals surface area contributed by atoms with Crippen LogP contribution in [-0.2, 0) is 19.2 Å². The molecule has 2 saturated carbocycles. The van der Waals surface area contributed by atoms with Crippen LogP contribution in [0, 0.1) is 47.3 Å². The van der Waals surface area contributed by atoms with Crippen LogP contribution < -0.4 is 10.6 Å². The van der Waals surface area contributed by atoms with Crippen molar-refractivity contribution in [2.45, 2.75) is 25.7 Å². The van der Waals surface area contributed by atoms with Crippen molar-refractivity contribution in [2.24, 2.45) is 47.3 Å². The second kappa shape index (κ2) is 8.24. The van der Waals surface area contributed by atoms with Gasteiger partial charge < -0.3 is 20.8 Å². The van der Waals surface area contributed by atoms with Gasteiger partial charge in [0.2, 0.25) is 11.8 Å². The van der Waals surface area contributed by atoms with E-state index in [1.54, 1.807) is 0 Å². The summed E-state index contributed by atoms with van der Waals surface area (Å²) in [4.78, 5) is 48.0. The molecule has 30 heavy (non-hydrogen) atoms. The highest BCUT2D eigenvalue weighted by molar-refractivity contribution is 5.87. The van der Waals surface area contributed by atoms with Gasteiger partial charge in [0.1, 0.15) is 0 Å². The van der Waals surface area contributed by atoms with Crippen molar-refractivity contribution in [1.29, 1.82) is 0 Å². The van der Waals surface area contributed by atoms with E-state index in [0.717, 1.165) is 12.8 Å². The molecule has 8 atom stereocenters. The Morgan fingerprint density at radius 2 is 0.967 bits per heavy atom. The summed E-state index contributed by atoms with van der Waals surface area (Å²) in [5.41, 5.74) is 0. The van der Waals surface area contributed by atoms with E-state index in [-0.39, 0.29) is 35.5 Å². The normalized spacial score (nSPS) is 37.5. The molecule has 8 heteroatoms. The van der Waals surface area contributed by atoms with Gasteiger partial charge in [0.05, 0.1) is 23.7 Å². The van der Waals surface area contributed by atoms with Gasteiger partial charge in [-0.05, 0) is 49.4 Å². The van der Waals surface area contributed by atoms with E-state index in [2.05, 4.69) is 10.6 Å². The van der Waals surface area contributed by atoms with Crippen LogP contribution in [0.4, 0.5) is 0 Å². The monoisotopic (exact) mass is 416 g/mol. The maximum absolute atomic E-state index is 12.5. The number of allylic oxidation sites excluding steroid dienone is 4. The summed E-state index contributed by atoms with van der Waals surface area (Å²) < 4.78 is 0. The maximum Gasteiger partial charge on any atom is 0.307 e. The number of fused-ring (bicyclic) bond motifs is 4. The zero-order valence-corrected chi connectivity index (χ0v) is 16.7. The number of unbranched alkanes of at least 4 members (excludes halogenated alkanes) is 1. The predicted molar refractivity (Wildman–Crippen MR) is 106 cm³/mol. The number of carbonyl (C=O) groups excluding carboxylic acids is 2. The molecule has 0 heterocycles. The molecule has 2 amide bonds. The van der Waals surface area contributed by atoms with Crippen LogP contribution >= 0.6 is 0 Å². The fourth-order valence-electron chi connectivity index (χ4n) is 5.94. The molecule has 4 aliphatic rings. The molecule has 0 unspecified atom stereocenters. The van der Waals surface area contributed by atoms with E-state index in [4.69, 9.17) is 0 Å². The molecular weight excluding hydrogens is 388 g/mol. The number of hydrogen-bond acceptors (Lipinski definition) is 4. The number of hydrogen-bond donors (Lipinski definition) is 4. The summed E-state index contributed by atoms with van der Waals surface area (Å²) in [6.45, 7) is 0.848. The van der Waals surface area contributed by atoms with Crippen LogP contribution in [-0.4, -0.2) is 47.1 Å². The lowest BCUT2D eigenvalue weighted by Crippen LogP contribution is -2.41. The summed E-state index contributed by atoms with van der Waals surface area (Å²) in [7, 11) is 0. The van der Waals surface area contributed by atoms with Crippen LogP contribution in [0.1, 0.15) is 25.7 Å². The van der Waals surface area contributed by atoms with Crippen molar-refractivity contribution >= 4 is 23.8 Å². The SMILES string of the molecule is O=C(O)[C@@H]1[C@@H](C(=O)NCCCCNC(=O)[C@H]2[C@@H](C(=O)O)[C@H]3C=C[C@@H]2C3)[C@H]2C=C[C@@H]1C2. The van der Waals surface area contributed by atoms with Gasteiger partial charge in [-0.25, -0.2) is 0 Å². The van der Waals surface area contributed by atoms with Crippen molar-refractivity contribution in [3.63, 3.8) is 0 Å². The molecule has 2 fully saturated rings. The molecule has 8 nitrogen and oxygen atoms in total. The second-order valence-electron chi connectivity index (χ2n) is 8.97. The maximum atomic E-state index is 12.5. The van der Waals surface area contributed by atoms with Crippen molar-refractivity contribution in [3.05, 3.63) is 24.3 Å². The molecule has 4 N–H and O–H groups in total. The van der Waals surface area contributed by atoms with Crippen LogP contribution in [0.5, 0.6) is 0 Å². The number of carboxylic acids is 2. The lowest BCUT2D eigenvalue weighted by molar-refractivity contribution is -0.148. The molecule has 0 aliphatic heterocycles. The van der Waals surface area contributed by atoms with Gasteiger partial charge in [-0.3, -0.25) is 19.2 Å². The van der Waals surface area contributed by atoms with Crippen LogP contribution in [0.2, 0.25) is 0 Å². The molecule has 162 valence electrons. The number of amides is 2. The summed E-state index contributed by atoms with van der Waals surface area (Å²) in [6.07, 6.45) is 10.5. The number of rotatable bonds is 9. The third kappa shape index (κ3) is 3.63. The van der Waals surface area contributed by atoms with E-state index in [0.29, 0.717) is 25.9 Å². The van der Waals surface area contributed by atoms with E-state index >= 15 is 0 Å². The lowest BCUT2D eigenvalue weighted by Gasteiger charge is -2.24. The fourth-order valence-corrected chi connectivity index (χ4v) is 5.94. The average molecular weight is 416 g/mol. The Hall–Kier alpha value is -2.64. The number of carboxylic acid groups (broad SMARTS) is 2. The largest absolute Gasteiger partial charge is 0.481 e. The van der Waals surface area contributed by atoms with Crippen molar-refractivity contribution in [2.75, 3.05) is 13.1 Å². The Balaban J connectivity index is 1.17. The molecule has 0 aromatic carbocycles. The van der Waals surface area contributed by atoms with Gasteiger partial charge in [0, 0.05) is 13.1 Å². The minimum absolute atomic E-state index is 0.00774. The molecule has 4 rings (SSSR count). The van der Waals surface area contributed by atoms with E-state index < -0.39 is 35.6 Å². The van der Waals surface area contributed by atoms with Gasteiger partial charge in [-0.15, -0.1) is 0 Å². The second-order valence-corrected chi connectivity index (χ2v) is 8.97. The van der Waals surface area contributed by atoms with Crippen molar-refractivity contribution in [3.8, 4) is 0 Å². The molecule has 4 aliphatic carbocycles. The molecule has 0 saturated heterocycles. The Kier molecular flexibility index (Phi) is 5.66. The fraction of sp³-hybridized carbons (Fsp3) is 0.636. The van der Waals surface area contributed by atoms with Crippen molar-refractivity contribution < 1.29 is 29.4 Å². The Bertz CT molecular complexity index is 739. The van der Waals surface area contributed by atoms with Gasteiger partial charge in [-0.1, -0.05) is 24.3 Å². The summed E-state index contributed by atoms with van der Waals surface area (Å²) >= 11 is 0. The highest BCUT2D eigenvalue weighted by Gasteiger charge is 2.52. The topological polar surface area (TPSA) is 133 Å². The van der Waals surface area contributed by atoms with Gasteiger partial charge in [-0.2, -0.15) is 0 Å². The van der Waals surface area contributed by atoms with Crippen LogP contribution in [0.15, 0.2) is 24.3 Å². The third-order valence-electron chi connectivity index (χ3n) is 7.30. The van der Waals surface area contributed by atoms with Gasteiger partial charge in [0.15, 0.2) is 0 Å². The number of aliphatic carboxylic acids is 2. The first kappa shape index (κ1) is 20.6. The minimum Gasteiger partial charge on any atom is -0.481 e. The van der Waals surface area contributed by atoms with Crippen molar-refractivity contribution in [1.82, 2.24) is 10.6 Å². The van der Waals surface area contributed by atoms with Crippen LogP contribution in [0.3, 0.4) is 0 Å². The predicted octanol–water partition coefficient (Wildman–Crippen LogP) is 1.04. The first-order valence-electron chi connectivity index (χ1n) is 10.8. The third-order valence-corrected chi connectivity index (χ3v) is 7.30. The standard InChI is InChI=1S/C22H28N2O6/c25-19(15-11-3-5-13(9-11)17(15)21(27)28)23-7-1-2-8-24-20(26)16-12-4-6-14(10-12)18(16)22(29)30/h3-6,11-18H,1-2,7-10H2,(H,23,25)(H,24,26)(H,27,28)(H,29,30)/t11-,12+,13+,14-,15-,16+,17-,18-/m0/s1. The summed E-state index contributed by atoms with van der Waals surface area (Å²) in [5, 5.41) is 24.6. The van der Waals surface area contributed by atoms with E-state index in [9.17, 15) is 29.4 Å². The minimum atomic E-state index is -0.912. The zero-order chi connectivity index (χ0) is 21.4. The average Bonchev–Trinajstić information content (AvgIpc) is 3.48. The number of carbonyl (C=O) groups is 4. The first-order valence-corrected chi connectivity index (χ1v) is 10.8.